The normalized spacial score (nSPS) is 30.7. The maximum Gasteiger partial charge on any atom is 0.308 e. The fourth-order valence-corrected chi connectivity index (χ4v) is 4.98. The Hall–Kier alpha value is -1.35. The molecule has 0 amide bonds. The lowest BCUT2D eigenvalue weighted by atomic mass is 9.55. The minimum Gasteiger partial charge on any atom is -0.427 e. The molecule has 1 aliphatic carbocycles. The van der Waals surface area contributed by atoms with Crippen molar-refractivity contribution in [2.45, 2.75) is 57.9 Å². The minimum atomic E-state index is -0.241. The van der Waals surface area contributed by atoms with Gasteiger partial charge in [-0.3, -0.25) is 4.79 Å². The predicted molar refractivity (Wildman–Crippen MR) is 88.2 cm³/mol. The van der Waals surface area contributed by atoms with Gasteiger partial charge >= 0.3 is 5.97 Å². The fraction of sp³-hybridized carbons (Fsp3) is 0.632. The van der Waals surface area contributed by atoms with Crippen LogP contribution in [-0.2, 0) is 16.6 Å². The van der Waals surface area contributed by atoms with Crippen LogP contribution in [0.15, 0.2) is 18.2 Å². The average Bonchev–Trinajstić information content (AvgIpc) is 2.50. The molecule has 3 heteroatoms. The Morgan fingerprint density at radius 1 is 1.41 bits per heavy atom. The summed E-state index contributed by atoms with van der Waals surface area (Å²) in [5.41, 5.74) is 3.12. The highest BCUT2D eigenvalue weighted by molar-refractivity contribution is 5.69. The number of carbonyl (C=O) groups excluding carboxylic acids is 1. The molecule has 1 fully saturated rings. The van der Waals surface area contributed by atoms with Crippen LogP contribution in [0.3, 0.4) is 0 Å². The summed E-state index contributed by atoms with van der Waals surface area (Å²) < 4.78 is 5.35. The van der Waals surface area contributed by atoms with Crippen molar-refractivity contribution in [1.29, 1.82) is 0 Å². The van der Waals surface area contributed by atoms with Gasteiger partial charge < -0.3 is 9.64 Å². The monoisotopic (exact) mass is 301 g/mol. The van der Waals surface area contributed by atoms with Gasteiger partial charge in [-0.05, 0) is 62.0 Å². The quantitative estimate of drug-likeness (QED) is 0.631. The molecule has 3 nitrogen and oxygen atoms in total. The molecule has 1 saturated heterocycles. The molecule has 3 rings (SSSR count). The molecule has 0 saturated carbocycles. The standard InChI is InChI=1S/C19H27NO2/c1-5-16-18-11-14-7-8-15(22-13(3)21)12-17(14)19(16,6-2)9-10-20(18)4/h7-8,12,16,18H,5-6,9-11H2,1-4H3/t16-,18-,19+/m0/s1. The molecule has 0 unspecified atom stereocenters. The number of fused-ring (bicyclic) bond motifs is 4. The summed E-state index contributed by atoms with van der Waals surface area (Å²) in [6.45, 7) is 7.27. The Balaban J connectivity index is 2.10. The fourth-order valence-electron chi connectivity index (χ4n) is 4.98. The second-order valence-electron chi connectivity index (χ2n) is 6.94. The molecule has 0 aromatic heterocycles. The largest absolute Gasteiger partial charge is 0.427 e. The average molecular weight is 301 g/mol. The van der Waals surface area contributed by atoms with Crippen molar-refractivity contribution in [2.75, 3.05) is 13.6 Å². The van der Waals surface area contributed by atoms with Crippen LogP contribution < -0.4 is 4.74 Å². The number of ether oxygens (including phenoxy) is 1. The van der Waals surface area contributed by atoms with Gasteiger partial charge in [0, 0.05) is 18.4 Å². The first kappa shape index (κ1) is 15.5. The van der Waals surface area contributed by atoms with Crippen molar-refractivity contribution in [3.8, 4) is 5.75 Å². The molecule has 0 N–H and O–H groups in total. The second-order valence-corrected chi connectivity index (χ2v) is 6.94. The molecular weight excluding hydrogens is 274 g/mol. The smallest absolute Gasteiger partial charge is 0.308 e. The number of likely N-dealkylation sites (tertiary alicyclic amines) is 1. The summed E-state index contributed by atoms with van der Waals surface area (Å²) in [4.78, 5) is 13.8. The molecule has 22 heavy (non-hydrogen) atoms. The van der Waals surface area contributed by atoms with Crippen LogP contribution in [0, 0.1) is 5.92 Å². The third-order valence-electron chi connectivity index (χ3n) is 6.03. The molecular formula is C19H27NO2. The summed E-state index contributed by atoms with van der Waals surface area (Å²) in [5.74, 6) is 1.15. The minimum absolute atomic E-state index is 0.241. The lowest BCUT2D eigenvalue weighted by molar-refractivity contribution is -0.131. The van der Waals surface area contributed by atoms with Crippen LogP contribution in [0.4, 0.5) is 0 Å². The lowest BCUT2D eigenvalue weighted by Gasteiger charge is -2.56. The Morgan fingerprint density at radius 2 is 2.18 bits per heavy atom. The molecule has 0 spiro atoms. The summed E-state index contributed by atoms with van der Waals surface area (Å²) in [5, 5.41) is 0. The highest BCUT2D eigenvalue weighted by Gasteiger charge is 2.50. The number of nitrogens with zero attached hydrogens (tertiary/aromatic N) is 1. The SMILES string of the molecule is CC[C@H]1[C@@H]2Cc3ccc(OC(C)=O)cc3[C@]1(CC)CCN2C. The third-order valence-corrected chi connectivity index (χ3v) is 6.03. The zero-order valence-electron chi connectivity index (χ0n) is 14.2. The van der Waals surface area contributed by atoms with E-state index in [-0.39, 0.29) is 11.4 Å². The first-order valence-electron chi connectivity index (χ1n) is 8.54. The number of hydrogen-bond acceptors (Lipinski definition) is 3. The molecule has 1 aliphatic heterocycles. The van der Waals surface area contributed by atoms with E-state index in [9.17, 15) is 4.79 Å². The van der Waals surface area contributed by atoms with Crippen LogP contribution in [0.5, 0.6) is 5.75 Å². The number of esters is 1. The van der Waals surface area contributed by atoms with E-state index < -0.39 is 0 Å². The molecule has 2 aliphatic rings. The van der Waals surface area contributed by atoms with E-state index in [1.54, 1.807) is 0 Å². The van der Waals surface area contributed by atoms with Crippen molar-refractivity contribution in [3.05, 3.63) is 29.3 Å². The van der Waals surface area contributed by atoms with E-state index in [2.05, 4.69) is 37.9 Å². The van der Waals surface area contributed by atoms with E-state index in [0.29, 0.717) is 17.7 Å². The van der Waals surface area contributed by atoms with Crippen molar-refractivity contribution in [2.24, 2.45) is 5.92 Å². The second kappa shape index (κ2) is 5.69. The van der Waals surface area contributed by atoms with Crippen molar-refractivity contribution in [3.63, 3.8) is 0 Å². The molecule has 1 aromatic rings. The van der Waals surface area contributed by atoms with E-state index in [1.165, 1.54) is 30.9 Å². The predicted octanol–water partition coefficient (Wildman–Crippen LogP) is 3.55. The zero-order chi connectivity index (χ0) is 15.9. The van der Waals surface area contributed by atoms with Crippen LogP contribution in [0.25, 0.3) is 0 Å². The maximum absolute atomic E-state index is 11.3. The van der Waals surface area contributed by atoms with Crippen molar-refractivity contribution >= 4 is 5.97 Å². The summed E-state index contributed by atoms with van der Waals surface area (Å²) in [6, 6.07) is 6.91. The van der Waals surface area contributed by atoms with E-state index >= 15 is 0 Å². The highest BCUT2D eigenvalue weighted by atomic mass is 16.5. The summed E-state index contributed by atoms with van der Waals surface area (Å²) in [6.07, 6.45) is 4.68. The van der Waals surface area contributed by atoms with Gasteiger partial charge in [0.05, 0.1) is 0 Å². The number of likely N-dealkylation sites (N-methyl/N-ethyl adjacent to an activating group) is 1. The van der Waals surface area contributed by atoms with Crippen molar-refractivity contribution < 1.29 is 9.53 Å². The molecule has 1 heterocycles. The zero-order valence-corrected chi connectivity index (χ0v) is 14.2. The van der Waals surface area contributed by atoms with Gasteiger partial charge in [-0.1, -0.05) is 26.3 Å². The van der Waals surface area contributed by atoms with Gasteiger partial charge in [0.2, 0.25) is 0 Å². The Kier molecular flexibility index (Phi) is 4.02. The van der Waals surface area contributed by atoms with E-state index in [1.807, 2.05) is 6.07 Å². The van der Waals surface area contributed by atoms with E-state index in [4.69, 9.17) is 4.74 Å². The van der Waals surface area contributed by atoms with Gasteiger partial charge in [-0.15, -0.1) is 0 Å². The number of hydrogen-bond donors (Lipinski definition) is 0. The van der Waals surface area contributed by atoms with Gasteiger partial charge in [0.15, 0.2) is 0 Å². The van der Waals surface area contributed by atoms with Gasteiger partial charge in [0.25, 0.3) is 0 Å². The maximum atomic E-state index is 11.3. The first-order valence-corrected chi connectivity index (χ1v) is 8.54. The lowest BCUT2D eigenvalue weighted by Crippen LogP contribution is -2.58. The number of rotatable bonds is 3. The molecule has 2 bridgehead atoms. The Morgan fingerprint density at radius 3 is 2.82 bits per heavy atom. The molecule has 1 aromatic carbocycles. The summed E-state index contributed by atoms with van der Waals surface area (Å²) >= 11 is 0. The van der Waals surface area contributed by atoms with Crippen LogP contribution >= 0.6 is 0 Å². The number of benzene rings is 1. The Labute approximate surface area is 133 Å². The van der Waals surface area contributed by atoms with Crippen LogP contribution in [0.1, 0.15) is 51.2 Å². The van der Waals surface area contributed by atoms with Crippen molar-refractivity contribution in [1.82, 2.24) is 4.90 Å². The van der Waals surface area contributed by atoms with E-state index in [0.717, 1.165) is 19.4 Å². The number of carbonyl (C=O) groups is 1. The Bertz CT molecular complexity index is 583. The third kappa shape index (κ3) is 2.26. The van der Waals surface area contributed by atoms with Crippen LogP contribution in [0.2, 0.25) is 0 Å². The molecule has 3 atom stereocenters. The van der Waals surface area contributed by atoms with Crippen LogP contribution in [-0.4, -0.2) is 30.5 Å². The van der Waals surface area contributed by atoms with Gasteiger partial charge in [-0.2, -0.15) is 0 Å². The first-order chi connectivity index (χ1) is 10.5. The van der Waals surface area contributed by atoms with Gasteiger partial charge in [0.1, 0.15) is 5.75 Å². The molecule has 120 valence electrons. The topological polar surface area (TPSA) is 29.5 Å². The highest BCUT2D eigenvalue weighted by Crippen LogP contribution is 2.52. The number of piperidine rings is 1. The summed E-state index contributed by atoms with van der Waals surface area (Å²) in [7, 11) is 2.27. The van der Waals surface area contributed by atoms with Gasteiger partial charge in [-0.25, -0.2) is 0 Å². The molecule has 0 radical (unpaired) electrons.